The quantitative estimate of drug-likeness (QED) is 0.394. The summed E-state index contributed by atoms with van der Waals surface area (Å²) in [6, 6.07) is 0. The van der Waals surface area contributed by atoms with Gasteiger partial charge in [0.2, 0.25) is 0 Å². The van der Waals surface area contributed by atoms with Gasteiger partial charge in [0.25, 0.3) is 5.09 Å². The number of piperidine rings is 1. The Morgan fingerprint density at radius 2 is 2.06 bits per heavy atom. The summed E-state index contributed by atoms with van der Waals surface area (Å²) in [5.41, 5.74) is 0. The minimum atomic E-state index is -0.725. The molecule has 1 aliphatic rings. The van der Waals surface area contributed by atoms with Crippen LogP contribution < -0.4 is 0 Å². The molecule has 6 nitrogen and oxygen atoms in total. The van der Waals surface area contributed by atoms with E-state index in [1.807, 2.05) is 0 Å². The highest BCUT2D eigenvalue weighted by atomic mass is 16.9. The Balaban J connectivity index is 2.01. The van der Waals surface area contributed by atoms with E-state index in [2.05, 4.69) is 9.74 Å². The van der Waals surface area contributed by atoms with Gasteiger partial charge < -0.3 is 14.8 Å². The molecule has 17 heavy (non-hydrogen) atoms. The molecule has 6 heteroatoms. The smallest absolute Gasteiger partial charge is 0.294 e. The molecule has 0 atom stereocenters. The summed E-state index contributed by atoms with van der Waals surface area (Å²) in [5.74, 6) is 0.677. The fourth-order valence-electron chi connectivity index (χ4n) is 2.30. The molecule has 1 N–H and O–H groups in total. The fourth-order valence-corrected chi connectivity index (χ4v) is 2.30. The normalized spacial score (nSPS) is 18.2. The van der Waals surface area contributed by atoms with Crippen molar-refractivity contribution in [1.82, 2.24) is 4.90 Å². The number of aliphatic hydroxyl groups is 1. The van der Waals surface area contributed by atoms with E-state index in [9.17, 15) is 10.1 Å². The van der Waals surface area contributed by atoms with Crippen LogP contribution in [0.1, 0.15) is 32.1 Å². The van der Waals surface area contributed by atoms with E-state index in [4.69, 9.17) is 5.11 Å². The number of aliphatic hydroxyl groups excluding tert-OH is 1. The number of nitrogens with zero attached hydrogens (tertiary/aromatic N) is 2. The second-order valence-corrected chi connectivity index (χ2v) is 4.56. The van der Waals surface area contributed by atoms with Crippen LogP contribution in [0.25, 0.3) is 0 Å². The maximum Gasteiger partial charge on any atom is 0.294 e. The largest absolute Gasteiger partial charge is 0.396 e. The zero-order chi connectivity index (χ0) is 12.5. The number of likely N-dealkylation sites (tertiary alicyclic amines) is 1. The van der Waals surface area contributed by atoms with Crippen LogP contribution in [0.15, 0.2) is 0 Å². The van der Waals surface area contributed by atoms with Crippen LogP contribution in [0.2, 0.25) is 0 Å². The highest BCUT2D eigenvalue weighted by molar-refractivity contribution is 4.72. The zero-order valence-corrected chi connectivity index (χ0v) is 10.2. The Morgan fingerprint density at radius 1 is 1.35 bits per heavy atom. The third-order valence-electron chi connectivity index (χ3n) is 3.29. The van der Waals surface area contributed by atoms with Crippen LogP contribution in [-0.2, 0) is 4.84 Å². The summed E-state index contributed by atoms with van der Waals surface area (Å²) >= 11 is 0. The molecule has 0 amide bonds. The van der Waals surface area contributed by atoms with Gasteiger partial charge in [-0.2, -0.15) is 0 Å². The fraction of sp³-hybridized carbons (Fsp3) is 1.00. The minimum Gasteiger partial charge on any atom is -0.396 e. The van der Waals surface area contributed by atoms with Gasteiger partial charge in [0.05, 0.1) is 6.61 Å². The molecular weight excluding hydrogens is 224 g/mol. The SMILES string of the molecule is O=[N+]([O-])OCCCC1CCN(CCCO)CC1. The first kappa shape index (κ1) is 14.2. The van der Waals surface area contributed by atoms with Crippen molar-refractivity contribution in [1.29, 1.82) is 0 Å². The lowest BCUT2D eigenvalue weighted by atomic mass is 9.92. The molecule has 1 fully saturated rings. The van der Waals surface area contributed by atoms with E-state index >= 15 is 0 Å². The predicted molar refractivity (Wildman–Crippen MR) is 63.0 cm³/mol. The molecule has 0 aliphatic carbocycles. The Kier molecular flexibility index (Phi) is 6.88. The summed E-state index contributed by atoms with van der Waals surface area (Å²) in [5, 5.41) is 18.0. The Hall–Kier alpha value is -0.880. The lowest BCUT2D eigenvalue weighted by Gasteiger charge is -2.31. The minimum absolute atomic E-state index is 0.220. The second kappa shape index (κ2) is 8.25. The summed E-state index contributed by atoms with van der Waals surface area (Å²) in [6.07, 6.45) is 4.94. The molecule has 0 spiro atoms. The van der Waals surface area contributed by atoms with E-state index in [1.54, 1.807) is 0 Å². The van der Waals surface area contributed by atoms with Crippen LogP contribution in [-0.4, -0.2) is 47.9 Å². The van der Waals surface area contributed by atoms with E-state index in [1.165, 1.54) is 0 Å². The lowest BCUT2D eigenvalue weighted by Crippen LogP contribution is -2.34. The van der Waals surface area contributed by atoms with Crippen molar-refractivity contribution >= 4 is 0 Å². The van der Waals surface area contributed by atoms with Gasteiger partial charge >= 0.3 is 0 Å². The van der Waals surface area contributed by atoms with Crippen LogP contribution in [0.4, 0.5) is 0 Å². The van der Waals surface area contributed by atoms with E-state index < -0.39 is 5.09 Å². The topological polar surface area (TPSA) is 75.8 Å². The van der Waals surface area contributed by atoms with Gasteiger partial charge in [0.15, 0.2) is 0 Å². The first-order valence-electron chi connectivity index (χ1n) is 6.33. The summed E-state index contributed by atoms with van der Waals surface area (Å²) in [7, 11) is 0. The third-order valence-corrected chi connectivity index (χ3v) is 3.29. The predicted octanol–water partition coefficient (Wildman–Crippen LogP) is 1.07. The highest BCUT2D eigenvalue weighted by Crippen LogP contribution is 2.21. The standard InChI is InChI=1S/C11H22N2O4/c14-9-2-6-12-7-4-11(5-8-12)3-1-10-17-13(15)16/h11,14H,1-10H2. The van der Waals surface area contributed by atoms with E-state index in [0.29, 0.717) is 5.92 Å². The maximum atomic E-state index is 9.95. The first-order chi connectivity index (χ1) is 8.22. The molecule has 100 valence electrons. The van der Waals surface area contributed by atoms with Gasteiger partial charge in [0.1, 0.15) is 0 Å². The van der Waals surface area contributed by atoms with Gasteiger partial charge in [0, 0.05) is 13.2 Å². The molecule has 1 aliphatic heterocycles. The van der Waals surface area contributed by atoms with Crippen LogP contribution in [0, 0.1) is 16.0 Å². The molecule has 0 aromatic carbocycles. The third kappa shape index (κ3) is 6.43. The molecule has 1 saturated heterocycles. The zero-order valence-electron chi connectivity index (χ0n) is 10.2. The van der Waals surface area contributed by atoms with Crippen molar-refractivity contribution in [3.8, 4) is 0 Å². The highest BCUT2D eigenvalue weighted by Gasteiger charge is 2.18. The van der Waals surface area contributed by atoms with Gasteiger partial charge in [-0.15, -0.1) is 10.1 Å². The lowest BCUT2D eigenvalue weighted by molar-refractivity contribution is -0.757. The average molecular weight is 246 g/mol. The van der Waals surface area contributed by atoms with Crippen LogP contribution in [0.5, 0.6) is 0 Å². The Bertz CT molecular complexity index is 218. The van der Waals surface area contributed by atoms with Gasteiger partial charge in [-0.05, 0) is 51.1 Å². The first-order valence-corrected chi connectivity index (χ1v) is 6.33. The van der Waals surface area contributed by atoms with Gasteiger partial charge in [-0.1, -0.05) is 0 Å². The van der Waals surface area contributed by atoms with Crippen molar-refractivity contribution in [2.45, 2.75) is 32.1 Å². The Morgan fingerprint density at radius 3 is 2.65 bits per heavy atom. The molecule has 0 radical (unpaired) electrons. The summed E-state index contributed by atoms with van der Waals surface area (Å²) in [6.45, 7) is 3.63. The van der Waals surface area contributed by atoms with Crippen molar-refractivity contribution in [3.63, 3.8) is 0 Å². The second-order valence-electron chi connectivity index (χ2n) is 4.56. The van der Waals surface area contributed by atoms with E-state index in [-0.39, 0.29) is 13.2 Å². The monoisotopic (exact) mass is 246 g/mol. The molecule has 0 bridgehead atoms. The van der Waals surface area contributed by atoms with Gasteiger partial charge in [-0.25, -0.2) is 0 Å². The average Bonchev–Trinajstić information content (AvgIpc) is 2.33. The van der Waals surface area contributed by atoms with Crippen molar-refractivity contribution in [3.05, 3.63) is 10.1 Å². The van der Waals surface area contributed by atoms with Crippen LogP contribution in [0.3, 0.4) is 0 Å². The summed E-state index contributed by atoms with van der Waals surface area (Å²) in [4.78, 5) is 16.6. The van der Waals surface area contributed by atoms with Crippen LogP contribution >= 0.6 is 0 Å². The number of hydrogen-bond acceptors (Lipinski definition) is 5. The van der Waals surface area contributed by atoms with Gasteiger partial charge in [-0.3, -0.25) is 0 Å². The summed E-state index contributed by atoms with van der Waals surface area (Å²) < 4.78 is 0. The van der Waals surface area contributed by atoms with Crippen molar-refractivity contribution in [2.75, 3.05) is 32.8 Å². The Labute approximate surface area is 102 Å². The molecule has 0 saturated carbocycles. The molecule has 1 heterocycles. The van der Waals surface area contributed by atoms with Crippen molar-refractivity contribution < 1.29 is 15.0 Å². The molecule has 1 rings (SSSR count). The number of hydrogen-bond donors (Lipinski definition) is 1. The molecular formula is C11H22N2O4. The molecule has 0 unspecified atom stereocenters. The maximum absolute atomic E-state index is 9.95. The molecule has 0 aromatic rings. The van der Waals surface area contributed by atoms with Crippen molar-refractivity contribution in [2.24, 2.45) is 5.92 Å². The van der Waals surface area contributed by atoms with E-state index in [0.717, 1.165) is 51.7 Å². The molecule has 0 aromatic heterocycles. The number of rotatable bonds is 8.